The standard InChI is InChI=1S/C27H40N8O2/c1-20(2)35(21(3)4)14-6-5-9-32-26(36)16-23-8-7-22(17-33-23)15-27(37)34(18-24-28-10-11-29-24)19-25-30-12-13-31-25/h7-8,10-13,17,20-21H,5-6,9,14-16,18-19H2,1-4H3,(H,28,29)(H,30,31)(H,32,36). The van der Waals surface area contributed by atoms with Crippen molar-refractivity contribution in [1.29, 1.82) is 0 Å². The molecule has 3 N–H and O–H groups in total. The van der Waals surface area contributed by atoms with Gasteiger partial charge in [0.1, 0.15) is 11.6 Å². The fourth-order valence-electron chi connectivity index (χ4n) is 4.30. The Balaban J connectivity index is 1.44. The van der Waals surface area contributed by atoms with Crippen molar-refractivity contribution in [1.82, 2.24) is 40.0 Å². The molecule has 0 spiro atoms. The Hall–Kier alpha value is -3.53. The van der Waals surface area contributed by atoms with Crippen LogP contribution >= 0.6 is 0 Å². The lowest BCUT2D eigenvalue weighted by molar-refractivity contribution is -0.132. The summed E-state index contributed by atoms with van der Waals surface area (Å²) in [5.74, 6) is 1.31. The van der Waals surface area contributed by atoms with Crippen LogP contribution in [0.25, 0.3) is 0 Å². The van der Waals surface area contributed by atoms with Gasteiger partial charge in [-0.25, -0.2) is 9.97 Å². The fraction of sp³-hybridized carbons (Fsp3) is 0.519. The highest BCUT2D eigenvalue weighted by molar-refractivity contribution is 5.79. The number of hydrogen-bond donors (Lipinski definition) is 3. The molecule has 0 unspecified atom stereocenters. The summed E-state index contributed by atoms with van der Waals surface area (Å²) in [6.07, 6.45) is 10.9. The molecule has 200 valence electrons. The normalized spacial score (nSPS) is 11.4. The summed E-state index contributed by atoms with van der Waals surface area (Å²) in [7, 11) is 0. The molecule has 10 nitrogen and oxygen atoms in total. The molecule has 0 saturated heterocycles. The molecule has 0 aliphatic carbocycles. The summed E-state index contributed by atoms with van der Waals surface area (Å²) >= 11 is 0. The number of nitrogens with one attached hydrogen (secondary N) is 3. The smallest absolute Gasteiger partial charge is 0.227 e. The number of unbranched alkanes of at least 4 members (excludes halogenated alkanes) is 1. The Labute approximate surface area is 219 Å². The Morgan fingerprint density at radius 2 is 1.54 bits per heavy atom. The second-order valence-corrected chi connectivity index (χ2v) is 9.82. The topological polar surface area (TPSA) is 123 Å². The molecule has 0 radical (unpaired) electrons. The third-order valence-corrected chi connectivity index (χ3v) is 6.22. The van der Waals surface area contributed by atoms with Gasteiger partial charge in [0, 0.05) is 55.3 Å². The van der Waals surface area contributed by atoms with Gasteiger partial charge in [-0.1, -0.05) is 6.07 Å². The van der Waals surface area contributed by atoms with Crippen molar-refractivity contribution < 1.29 is 9.59 Å². The van der Waals surface area contributed by atoms with Gasteiger partial charge in [0.15, 0.2) is 0 Å². The molecule has 0 atom stereocenters. The zero-order valence-corrected chi connectivity index (χ0v) is 22.4. The van der Waals surface area contributed by atoms with Crippen molar-refractivity contribution in [2.75, 3.05) is 13.1 Å². The van der Waals surface area contributed by atoms with Gasteiger partial charge in [-0.2, -0.15) is 0 Å². The fourth-order valence-corrected chi connectivity index (χ4v) is 4.30. The van der Waals surface area contributed by atoms with Crippen LogP contribution in [0.4, 0.5) is 0 Å². The molecule has 3 rings (SSSR count). The molecule has 3 aromatic rings. The molecule has 2 amide bonds. The van der Waals surface area contributed by atoms with Gasteiger partial charge >= 0.3 is 0 Å². The molecular formula is C27H40N8O2. The molecule has 0 bridgehead atoms. The summed E-state index contributed by atoms with van der Waals surface area (Å²) in [4.78, 5) is 48.5. The minimum Gasteiger partial charge on any atom is -0.356 e. The summed E-state index contributed by atoms with van der Waals surface area (Å²) in [6, 6.07) is 4.72. The van der Waals surface area contributed by atoms with Gasteiger partial charge in [0.25, 0.3) is 0 Å². The molecule has 3 heterocycles. The predicted molar refractivity (Wildman–Crippen MR) is 142 cm³/mol. The van der Waals surface area contributed by atoms with E-state index in [4.69, 9.17) is 0 Å². The first kappa shape index (κ1) is 28.0. The zero-order chi connectivity index (χ0) is 26.6. The van der Waals surface area contributed by atoms with E-state index in [1.54, 1.807) is 35.9 Å². The van der Waals surface area contributed by atoms with E-state index in [0.717, 1.165) is 24.9 Å². The zero-order valence-electron chi connectivity index (χ0n) is 22.4. The van der Waals surface area contributed by atoms with E-state index >= 15 is 0 Å². The van der Waals surface area contributed by atoms with Crippen molar-refractivity contribution in [3.05, 3.63) is 66.0 Å². The highest BCUT2D eigenvalue weighted by atomic mass is 16.2. The Kier molecular flexibility index (Phi) is 10.8. The second kappa shape index (κ2) is 14.3. The first-order chi connectivity index (χ1) is 17.8. The number of aromatic nitrogens is 5. The molecule has 37 heavy (non-hydrogen) atoms. The van der Waals surface area contributed by atoms with Crippen molar-refractivity contribution in [3.8, 4) is 0 Å². The van der Waals surface area contributed by atoms with Gasteiger partial charge < -0.3 is 20.2 Å². The molecule has 0 fully saturated rings. The number of hydrogen-bond acceptors (Lipinski definition) is 6. The molecule has 0 aliphatic rings. The first-order valence-corrected chi connectivity index (χ1v) is 13.0. The number of carbonyl (C=O) groups excluding carboxylic acids is 2. The van der Waals surface area contributed by atoms with E-state index in [9.17, 15) is 9.59 Å². The summed E-state index contributed by atoms with van der Waals surface area (Å²) in [6.45, 7) is 11.3. The van der Waals surface area contributed by atoms with Crippen LogP contribution < -0.4 is 5.32 Å². The summed E-state index contributed by atoms with van der Waals surface area (Å²) < 4.78 is 0. The van der Waals surface area contributed by atoms with Crippen LogP contribution in [0.3, 0.4) is 0 Å². The number of aromatic amines is 2. The Bertz CT molecular complexity index is 1020. The third-order valence-electron chi connectivity index (χ3n) is 6.22. The number of nitrogens with zero attached hydrogens (tertiary/aromatic N) is 5. The molecule has 10 heteroatoms. The average molecular weight is 509 g/mol. The minimum absolute atomic E-state index is 0.0380. The lowest BCUT2D eigenvalue weighted by atomic mass is 10.1. The van der Waals surface area contributed by atoms with Crippen LogP contribution in [0, 0.1) is 0 Å². The second-order valence-electron chi connectivity index (χ2n) is 9.82. The Morgan fingerprint density at radius 3 is 2.05 bits per heavy atom. The maximum Gasteiger partial charge on any atom is 0.227 e. The summed E-state index contributed by atoms with van der Waals surface area (Å²) in [5, 5.41) is 2.99. The maximum atomic E-state index is 13.1. The summed E-state index contributed by atoms with van der Waals surface area (Å²) in [5.41, 5.74) is 1.47. The number of carbonyl (C=O) groups is 2. The first-order valence-electron chi connectivity index (χ1n) is 13.0. The lowest BCUT2D eigenvalue weighted by Crippen LogP contribution is -2.38. The van der Waals surface area contributed by atoms with Crippen molar-refractivity contribution >= 4 is 11.8 Å². The maximum absolute atomic E-state index is 13.1. The Morgan fingerprint density at radius 1 is 0.892 bits per heavy atom. The number of rotatable bonds is 15. The van der Waals surface area contributed by atoms with Crippen LogP contribution in [-0.4, -0.2) is 71.7 Å². The highest BCUT2D eigenvalue weighted by Gasteiger charge is 2.18. The third kappa shape index (κ3) is 9.45. The van der Waals surface area contributed by atoms with E-state index in [1.807, 2.05) is 12.1 Å². The number of pyridine rings is 1. The molecule has 0 saturated carbocycles. The molecular weight excluding hydrogens is 468 g/mol. The van der Waals surface area contributed by atoms with Crippen LogP contribution in [0.5, 0.6) is 0 Å². The molecule has 0 aromatic carbocycles. The van der Waals surface area contributed by atoms with E-state index in [2.05, 4.69) is 62.8 Å². The van der Waals surface area contributed by atoms with E-state index < -0.39 is 0 Å². The van der Waals surface area contributed by atoms with Gasteiger partial charge in [0.2, 0.25) is 11.8 Å². The van der Waals surface area contributed by atoms with Gasteiger partial charge in [-0.15, -0.1) is 0 Å². The monoisotopic (exact) mass is 508 g/mol. The average Bonchev–Trinajstić information content (AvgIpc) is 3.56. The SMILES string of the molecule is CC(C)N(CCCCNC(=O)Cc1ccc(CC(=O)N(Cc2ncc[nH]2)Cc2ncc[nH]2)cn1)C(C)C. The minimum atomic E-state index is -0.0615. The number of imidazole rings is 2. The van der Waals surface area contributed by atoms with Crippen LogP contribution in [0.2, 0.25) is 0 Å². The van der Waals surface area contributed by atoms with E-state index in [0.29, 0.717) is 49.1 Å². The van der Waals surface area contributed by atoms with Gasteiger partial charge in [0.05, 0.1) is 25.9 Å². The van der Waals surface area contributed by atoms with Crippen LogP contribution in [-0.2, 0) is 35.5 Å². The predicted octanol–water partition coefficient (Wildman–Crippen LogP) is 2.86. The van der Waals surface area contributed by atoms with Crippen LogP contribution in [0.15, 0.2) is 43.1 Å². The molecule has 3 aromatic heterocycles. The van der Waals surface area contributed by atoms with Crippen molar-refractivity contribution in [2.24, 2.45) is 0 Å². The van der Waals surface area contributed by atoms with Gasteiger partial charge in [-0.3, -0.25) is 19.5 Å². The number of amides is 2. The van der Waals surface area contributed by atoms with E-state index in [1.165, 1.54) is 0 Å². The van der Waals surface area contributed by atoms with Crippen molar-refractivity contribution in [2.45, 2.75) is 78.6 Å². The quantitative estimate of drug-likeness (QED) is 0.271. The highest BCUT2D eigenvalue weighted by Crippen LogP contribution is 2.10. The van der Waals surface area contributed by atoms with Crippen molar-refractivity contribution in [3.63, 3.8) is 0 Å². The number of H-pyrrole nitrogens is 2. The van der Waals surface area contributed by atoms with Crippen LogP contribution in [0.1, 0.15) is 63.4 Å². The van der Waals surface area contributed by atoms with Gasteiger partial charge in [-0.05, 0) is 58.7 Å². The lowest BCUT2D eigenvalue weighted by Gasteiger charge is -2.30. The molecule has 0 aliphatic heterocycles. The largest absolute Gasteiger partial charge is 0.356 e. The van der Waals surface area contributed by atoms with E-state index in [-0.39, 0.29) is 24.7 Å².